The molecule has 0 unspecified atom stereocenters. The monoisotopic (exact) mass is 265 g/mol. The summed E-state index contributed by atoms with van der Waals surface area (Å²) < 4.78 is 5.57. The number of ether oxygens (including phenoxy) is 1. The third-order valence-corrected chi connectivity index (χ3v) is 3.58. The van der Waals surface area contributed by atoms with Crippen LogP contribution in [0.1, 0.15) is 38.4 Å². The standard InChI is InChI=1S/C13H19N3OS/c1-2-3-4-5-7-17-9-11-15-12(14)10-6-8-18-13(10)16-11/h6,8H,2-5,7,9H2,1H3,(H2,14,15,16). The highest BCUT2D eigenvalue weighted by molar-refractivity contribution is 7.16. The number of nitrogens with zero attached hydrogens (tertiary/aromatic N) is 2. The minimum absolute atomic E-state index is 0.449. The number of nitrogens with two attached hydrogens (primary N) is 1. The van der Waals surface area contributed by atoms with Crippen LogP contribution in [0.3, 0.4) is 0 Å². The maximum atomic E-state index is 5.87. The third kappa shape index (κ3) is 3.40. The highest BCUT2D eigenvalue weighted by Crippen LogP contribution is 2.22. The molecule has 0 saturated heterocycles. The van der Waals surface area contributed by atoms with Crippen LogP contribution >= 0.6 is 11.3 Å². The second-order valence-corrected chi connectivity index (χ2v) is 5.17. The van der Waals surface area contributed by atoms with Crippen molar-refractivity contribution in [1.82, 2.24) is 9.97 Å². The molecule has 0 aliphatic rings. The smallest absolute Gasteiger partial charge is 0.158 e. The van der Waals surface area contributed by atoms with Crippen molar-refractivity contribution in [1.29, 1.82) is 0 Å². The molecule has 0 atom stereocenters. The van der Waals surface area contributed by atoms with Crippen molar-refractivity contribution in [2.24, 2.45) is 0 Å². The van der Waals surface area contributed by atoms with Crippen LogP contribution in [-0.2, 0) is 11.3 Å². The fraction of sp³-hybridized carbons (Fsp3) is 0.538. The zero-order valence-corrected chi connectivity index (χ0v) is 11.5. The predicted octanol–water partition coefficient (Wildman–Crippen LogP) is 3.37. The summed E-state index contributed by atoms with van der Waals surface area (Å²) in [5.74, 6) is 1.23. The van der Waals surface area contributed by atoms with E-state index < -0.39 is 0 Å². The SMILES string of the molecule is CCCCCCOCc1nc(N)c2ccsc2n1. The molecular weight excluding hydrogens is 246 g/mol. The van der Waals surface area contributed by atoms with E-state index in [1.807, 2.05) is 11.4 Å². The number of hydrogen-bond donors (Lipinski definition) is 1. The van der Waals surface area contributed by atoms with Gasteiger partial charge in [-0.2, -0.15) is 0 Å². The van der Waals surface area contributed by atoms with Crippen molar-refractivity contribution in [3.05, 3.63) is 17.3 Å². The molecule has 0 amide bonds. The van der Waals surface area contributed by atoms with Crippen molar-refractivity contribution in [3.63, 3.8) is 0 Å². The molecule has 0 radical (unpaired) electrons. The molecule has 2 N–H and O–H groups in total. The molecule has 0 saturated carbocycles. The van der Waals surface area contributed by atoms with E-state index in [1.54, 1.807) is 11.3 Å². The normalized spacial score (nSPS) is 11.2. The molecule has 18 heavy (non-hydrogen) atoms. The summed E-state index contributed by atoms with van der Waals surface area (Å²) in [6.45, 7) is 3.42. The van der Waals surface area contributed by atoms with E-state index >= 15 is 0 Å². The summed E-state index contributed by atoms with van der Waals surface area (Å²) in [4.78, 5) is 9.63. The number of anilines is 1. The lowest BCUT2D eigenvalue weighted by molar-refractivity contribution is 0.112. The molecule has 2 rings (SSSR count). The summed E-state index contributed by atoms with van der Waals surface area (Å²) in [5, 5.41) is 2.91. The largest absolute Gasteiger partial charge is 0.383 e. The number of nitrogen functional groups attached to an aromatic ring is 1. The Hall–Kier alpha value is -1.20. The Morgan fingerprint density at radius 3 is 3.00 bits per heavy atom. The summed E-state index contributed by atoms with van der Waals surface area (Å²) in [6, 6.07) is 1.95. The Morgan fingerprint density at radius 1 is 1.28 bits per heavy atom. The molecule has 98 valence electrons. The first-order valence-corrected chi connectivity index (χ1v) is 7.26. The molecule has 5 heteroatoms. The minimum Gasteiger partial charge on any atom is -0.383 e. The third-order valence-electron chi connectivity index (χ3n) is 2.77. The summed E-state index contributed by atoms with van der Waals surface area (Å²) in [6.07, 6.45) is 4.84. The topological polar surface area (TPSA) is 61.0 Å². The van der Waals surface area contributed by atoms with Crippen molar-refractivity contribution >= 4 is 27.4 Å². The molecule has 0 fully saturated rings. The lowest BCUT2D eigenvalue weighted by Gasteiger charge is -2.04. The zero-order valence-electron chi connectivity index (χ0n) is 10.7. The number of rotatable bonds is 7. The van der Waals surface area contributed by atoms with Crippen LogP contribution in [0.5, 0.6) is 0 Å². The number of hydrogen-bond acceptors (Lipinski definition) is 5. The molecule has 0 aromatic carbocycles. The number of aromatic nitrogens is 2. The summed E-state index contributed by atoms with van der Waals surface area (Å²) in [7, 11) is 0. The van der Waals surface area contributed by atoms with E-state index in [2.05, 4.69) is 16.9 Å². The highest BCUT2D eigenvalue weighted by Gasteiger charge is 2.06. The van der Waals surface area contributed by atoms with Crippen LogP contribution in [0.15, 0.2) is 11.4 Å². The Balaban J connectivity index is 1.84. The molecule has 2 aromatic heterocycles. The Bertz CT molecular complexity index is 498. The summed E-state index contributed by atoms with van der Waals surface area (Å²) >= 11 is 1.58. The summed E-state index contributed by atoms with van der Waals surface area (Å²) in [5.41, 5.74) is 5.87. The Kier molecular flexibility index (Phi) is 4.90. The van der Waals surface area contributed by atoms with E-state index in [-0.39, 0.29) is 0 Å². The van der Waals surface area contributed by atoms with Crippen molar-refractivity contribution in [3.8, 4) is 0 Å². The van der Waals surface area contributed by atoms with Gasteiger partial charge in [0.2, 0.25) is 0 Å². The van der Waals surface area contributed by atoms with E-state index in [9.17, 15) is 0 Å². The lowest BCUT2D eigenvalue weighted by Crippen LogP contribution is -2.03. The molecule has 0 aliphatic carbocycles. The van der Waals surface area contributed by atoms with Crippen LogP contribution < -0.4 is 5.73 Å². The van der Waals surface area contributed by atoms with Gasteiger partial charge in [-0.25, -0.2) is 9.97 Å². The van der Waals surface area contributed by atoms with Gasteiger partial charge in [0.1, 0.15) is 17.3 Å². The van der Waals surface area contributed by atoms with Gasteiger partial charge in [0.25, 0.3) is 0 Å². The fourth-order valence-electron chi connectivity index (χ4n) is 1.78. The van der Waals surface area contributed by atoms with E-state index in [4.69, 9.17) is 10.5 Å². The number of fused-ring (bicyclic) bond motifs is 1. The molecule has 2 heterocycles. The first-order chi connectivity index (χ1) is 8.81. The van der Waals surface area contributed by atoms with E-state index in [0.29, 0.717) is 18.2 Å². The average Bonchev–Trinajstić information content (AvgIpc) is 2.82. The van der Waals surface area contributed by atoms with Crippen molar-refractivity contribution in [2.75, 3.05) is 12.3 Å². The van der Waals surface area contributed by atoms with Gasteiger partial charge in [0, 0.05) is 6.61 Å². The molecule has 0 spiro atoms. The van der Waals surface area contributed by atoms with Crippen molar-refractivity contribution < 1.29 is 4.74 Å². The molecule has 4 nitrogen and oxygen atoms in total. The van der Waals surface area contributed by atoms with Gasteiger partial charge in [-0.05, 0) is 17.9 Å². The first kappa shape index (κ1) is 13.2. The second kappa shape index (κ2) is 6.66. The predicted molar refractivity (Wildman–Crippen MR) is 75.6 cm³/mol. The maximum absolute atomic E-state index is 5.87. The van der Waals surface area contributed by atoms with E-state index in [0.717, 1.165) is 23.2 Å². The fourth-order valence-corrected chi connectivity index (χ4v) is 2.57. The highest BCUT2D eigenvalue weighted by atomic mass is 32.1. The van der Waals surface area contributed by atoms with E-state index in [1.165, 1.54) is 19.3 Å². The van der Waals surface area contributed by atoms with Crippen LogP contribution in [0.2, 0.25) is 0 Å². The average molecular weight is 265 g/mol. The quantitative estimate of drug-likeness (QED) is 0.780. The van der Waals surface area contributed by atoms with Gasteiger partial charge in [0.05, 0.1) is 5.39 Å². The Morgan fingerprint density at radius 2 is 2.17 bits per heavy atom. The van der Waals surface area contributed by atoms with Gasteiger partial charge in [-0.15, -0.1) is 11.3 Å². The second-order valence-electron chi connectivity index (χ2n) is 4.28. The number of thiophene rings is 1. The molecule has 0 aliphatic heterocycles. The van der Waals surface area contributed by atoms with Crippen LogP contribution in [0.25, 0.3) is 10.2 Å². The van der Waals surface area contributed by atoms with Gasteiger partial charge in [-0.3, -0.25) is 0 Å². The van der Waals surface area contributed by atoms with Crippen LogP contribution in [0, 0.1) is 0 Å². The minimum atomic E-state index is 0.449. The van der Waals surface area contributed by atoms with Gasteiger partial charge in [0.15, 0.2) is 5.82 Å². The van der Waals surface area contributed by atoms with Gasteiger partial charge >= 0.3 is 0 Å². The molecule has 2 aromatic rings. The molecular formula is C13H19N3OS. The maximum Gasteiger partial charge on any atom is 0.158 e. The Labute approximate surface area is 111 Å². The molecule has 0 bridgehead atoms. The first-order valence-electron chi connectivity index (χ1n) is 6.38. The van der Waals surface area contributed by atoms with Crippen LogP contribution in [-0.4, -0.2) is 16.6 Å². The van der Waals surface area contributed by atoms with Crippen LogP contribution in [0.4, 0.5) is 5.82 Å². The van der Waals surface area contributed by atoms with Gasteiger partial charge < -0.3 is 10.5 Å². The number of unbranched alkanes of at least 4 members (excludes halogenated alkanes) is 3. The zero-order chi connectivity index (χ0) is 12.8. The lowest BCUT2D eigenvalue weighted by atomic mass is 10.2. The van der Waals surface area contributed by atoms with Crippen molar-refractivity contribution in [2.45, 2.75) is 39.2 Å². The van der Waals surface area contributed by atoms with Gasteiger partial charge in [-0.1, -0.05) is 26.2 Å².